The van der Waals surface area contributed by atoms with Crippen molar-refractivity contribution in [1.82, 2.24) is 9.97 Å². The Morgan fingerprint density at radius 1 is 1.19 bits per heavy atom. The molecule has 3 aromatic rings. The lowest BCUT2D eigenvalue weighted by molar-refractivity contribution is 0.0697. The Hall–Kier alpha value is -2.96. The first-order valence-electron chi connectivity index (χ1n) is 5.98. The molecule has 0 unspecified atom stereocenters. The lowest BCUT2D eigenvalue weighted by atomic mass is 10.2. The predicted octanol–water partition coefficient (Wildman–Crippen LogP) is 3.28. The van der Waals surface area contributed by atoms with Crippen molar-refractivity contribution in [2.24, 2.45) is 0 Å². The SMILES string of the molecule is O=C(O)c1cccc(Nc2nc3cc(F)c(F)cc3[nH]2)c1. The van der Waals surface area contributed by atoms with Crippen LogP contribution < -0.4 is 5.32 Å². The summed E-state index contributed by atoms with van der Waals surface area (Å²) in [6.45, 7) is 0. The number of aromatic nitrogens is 2. The molecule has 0 amide bonds. The Kier molecular flexibility index (Phi) is 3.02. The van der Waals surface area contributed by atoms with Crippen molar-refractivity contribution in [1.29, 1.82) is 0 Å². The van der Waals surface area contributed by atoms with Gasteiger partial charge in [0, 0.05) is 17.8 Å². The molecule has 1 aromatic heterocycles. The van der Waals surface area contributed by atoms with Crippen LogP contribution in [-0.4, -0.2) is 21.0 Å². The van der Waals surface area contributed by atoms with Crippen LogP contribution >= 0.6 is 0 Å². The third-order valence-corrected chi connectivity index (χ3v) is 2.90. The van der Waals surface area contributed by atoms with E-state index in [1.165, 1.54) is 12.1 Å². The number of carbonyl (C=O) groups is 1. The highest BCUT2D eigenvalue weighted by molar-refractivity contribution is 5.89. The maximum absolute atomic E-state index is 13.1. The molecule has 21 heavy (non-hydrogen) atoms. The number of nitrogens with zero attached hydrogens (tertiary/aromatic N) is 1. The molecule has 0 bridgehead atoms. The third kappa shape index (κ3) is 2.53. The van der Waals surface area contributed by atoms with Gasteiger partial charge >= 0.3 is 5.97 Å². The molecule has 0 spiro atoms. The number of hydrogen-bond acceptors (Lipinski definition) is 3. The van der Waals surface area contributed by atoms with Crippen LogP contribution in [0.1, 0.15) is 10.4 Å². The van der Waals surface area contributed by atoms with Gasteiger partial charge in [-0.2, -0.15) is 0 Å². The first-order chi connectivity index (χ1) is 10.0. The van der Waals surface area contributed by atoms with Gasteiger partial charge < -0.3 is 15.4 Å². The molecule has 0 saturated heterocycles. The second-order valence-corrected chi connectivity index (χ2v) is 4.38. The molecule has 0 fully saturated rings. The fraction of sp³-hybridized carbons (Fsp3) is 0. The Bertz CT molecular complexity index is 806. The van der Waals surface area contributed by atoms with Gasteiger partial charge in [0.2, 0.25) is 5.95 Å². The minimum atomic E-state index is -1.05. The normalized spacial score (nSPS) is 10.8. The van der Waals surface area contributed by atoms with Crippen LogP contribution in [-0.2, 0) is 0 Å². The number of nitrogens with one attached hydrogen (secondary N) is 2. The molecule has 2 aromatic carbocycles. The Balaban J connectivity index is 1.94. The van der Waals surface area contributed by atoms with E-state index in [0.717, 1.165) is 12.1 Å². The fourth-order valence-electron chi connectivity index (χ4n) is 1.93. The van der Waals surface area contributed by atoms with Crippen molar-refractivity contribution >= 4 is 28.6 Å². The van der Waals surface area contributed by atoms with Crippen LogP contribution in [0.25, 0.3) is 11.0 Å². The van der Waals surface area contributed by atoms with Gasteiger partial charge in [-0.3, -0.25) is 0 Å². The zero-order valence-corrected chi connectivity index (χ0v) is 10.5. The number of halogens is 2. The van der Waals surface area contributed by atoms with E-state index in [0.29, 0.717) is 11.2 Å². The summed E-state index contributed by atoms with van der Waals surface area (Å²) in [6, 6.07) is 8.11. The van der Waals surface area contributed by atoms with Crippen molar-refractivity contribution < 1.29 is 18.7 Å². The number of hydrogen-bond donors (Lipinski definition) is 3. The number of H-pyrrole nitrogens is 1. The molecule has 1 heterocycles. The van der Waals surface area contributed by atoms with Crippen LogP contribution in [0.15, 0.2) is 36.4 Å². The number of fused-ring (bicyclic) bond motifs is 1. The predicted molar refractivity (Wildman–Crippen MR) is 72.7 cm³/mol. The molecule has 106 valence electrons. The van der Waals surface area contributed by atoms with Gasteiger partial charge in [-0.15, -0.1) is 0 Å². The summed E-state index contributed by atoms with van der Waals surface area (Å²) in [5, 5.41) is 11.8. The summed E-state index contributed by atoms with van der Waals surface area (Å²) in [5.74, 6) is -2.73. The second kappa shape index (κ2) is 4.86. The number of anilines is 2. The molecular formula is C14H9F2N3O2. The van der Waals surface area contributed by atoms with E-state index in [-0.39, 0.29) is 17.0 Å². The minimum Gasteiger partial charge on any atom is -0.478 e. The maximum Gasteiger partial charge on any atom is 0.335 e. The zero-order chi connectivity index (χ0) is 15.0. The maximum atomic E-state index is 13.1. The van der Waals surface area contributed by atoms with Crippen LogP contribution in [0.4, 0.5) is 20.4 Å². The molecule has 0 aliphatic rings. The van der Waals surface area contributed by atoms with Crippen LogP contribution in [0.2, 0.25) is 0 Å². The van der Waals surface area contributed by atoms with Gasteiger partial charge in [0.25, 0.3) is 0 Å². The summed E-state index contributed by atoms with van der Waals surface area (Å²) in [4.78, 5) is 17.7. The average molecular weight is 289 g/mol. The van der Waals surface area contributed by atoms with E-state index in [1.807, 2.05) is 0 Å². The molecule has 3 N–H and O–H groups in total. The number of imidazole rings is 1. The highest BCUT2D eigenvalue weighted by atomic mass is 19.2. The van der Waals surface area contributed by atoms with E-state index in [1.54, 1.807) is 12.1 Å². The number of carboxylic acids is 1. The van der Waals surface area contributed by atoms with Crippen LogP contribution in [0.3, 0.4) is 0 Å². The van der Waals surface area contributed by atoms with Gasteiger partial charge in [-0.25, -0.2) is 18.6 Å². The Labute approximate surface area is 117 Å². The fourth-order valence-corrected chi connectivity index (χ4v) is 1.93. The molecule has 0 atom stereocenters. The first-order valence-corrected chi connectivity index (χ1v) is 5.98. The van der Waals surface area contributed by atoms with E-state index in [4.69, 9.17) is 5.11 Å². The van der Waals surface area contributed by atoms with Crippen LogP contribution in [0, 0.1) is 11.6 Å². The lowest BCUT2D eigenvalue weighted by Gasteiger charge is -2.03. The molecule has 5 nitrogen and oxygen atoms in total. The van der Waals surface area contributed by atoms with Gasteiger partial charge in [-0.05, 0) is 18.2 Å². The number of benzene rings is 2. The van der Waals surface area contributed by atoms with Gasteiger partial charge in [0.15, 0.2) is 11.6 Å². The number of carboxylic acid groups (broad SMARTS) is 1. The van der Waals surface area contributed by atoms with E-state index < -0.39 is 17.6 Å². The molecule has 0 aliphatic carbocycles. The smallest absolute Gasteiger partial charge is 0.335 e. The summed E-state index contributed by atoms with van der Waals surface area (Å²) < 4.78 is 26.2. The monoisotopic (exact) mass is 289 g/mol. The molecule has 0 radical (unpaired) electrons. The number of aromatic amines is 1. The molecule has 0 aliphatic heterocycles. The van der Waals surface area contributed by atoms with Crippen molar-refractivity contribution in [3.05, 3.63) is 53.6 Å². The van der Waals surface area contributed by atoms with Crippen LogP contribution in [0.5, 0.6) is 0 Å². The average Bonchev–Trinajstić information content (AvgIpc) is 2.80. The second-order valence-electron chi connectivity index (χ2n) is 4.38. The van der Waals surface area contributed by atoms with Gasteiger partial charge in [-0.1, -0.05) is 6.07 Å². The summed E-state index contributed by atoms with van der Waals surface area (Å²) in [6.07, 6.45) is 0. The van der Waals surface area contributed by atoms with Crippen molar-refractivity contribution in [2.75, 3.05) is 5.32 Å². The number of aromatic carboxylic acids is 1. The standard InChI is InChI=1S/C14H9F2N3O2/c15-9-5-11-12(6-10(9)16)19-14(18-11)17-8-3-1-2-7(4-8)13(20)21/h1-6H,(H,20,21)(H2,17,18,19). The van der Waals surface area contributed by atoms with Crippen molar-refractivity contribution in [3.63, 3.8) is 0 Å². The Morgan fingerprint density at radius 3 is 2.71 bits per heavy atom. The Morgan fingerprint density at radius 2 is 1.95 bits per heavy atom. The summed E-state index contributed by atoms with van der Waals surface area (Å²) in [7, 11) is 0. The van der Waals surface area contributed by atoms with E-state index >= 15 is 0 Å². The molecule has 7 heteroatoms. The molecule has 0 saturated carbocycles. The molecule has 3 rings (SSSR count). The quantitative estimate of drug-likeness (QED) is 0.691. The van der Waals surface area contributed by atoms with Gasteiger partial charge in [0.1, 0.15) is 0 Å². The molecular weight excluding hydrogens is 280 g/mol. The van der Waals surface area contributed by atoms with E-state index in [9.17, 15) is 13.6 Å². The highest BCUT2D eigenvalue weighted by Crippen LogP contribution is 2.21. The van der Waals surface area contributed by atoms with Gasteiger partial charge in [0.05, 0.1) is 16.6 Å². The minimum absolute atomic E-state index is 0.119. The third-order valence-electron chi connectivity index (χ3n) is 2.90. The number of rotatable bonds is 3. The first kappa shape index (κ1) is 13.0. The largest absolute Gasteiger partial charge is 0.478 e. The van der Waals surface area contributed by atoms with Crippen molar-refractivity contribution in [3.8, 4) is 0 Å². The highest BCUT2D eigenvalue weighted by Gasteiger charge is 2.09. The van der Waals surface area contributed by atoms with Crippen molar-refractivity contribution in [2.45, 2.75) is 0 Å². The zero-order valence-electron chi connectivity index (χ0n) is 10.5. The summed E-state index contributed by atoms with van der Waals surface area (Å²) >= 11 is 0. The lowest BCUT2D eigenvalue weighted by Crippen LogP contribution is -1.98. The summed E-state index contributed by atoms with van der Waals surface area (Å²) in [5.41, 5.74) is 1.22. The van der Waals surface area contributed by atoms with E-state index in [2.05, 4.69) is 15.3 Å². The topological polar surface area (TPSA) is 78.0 Å².